The van der Waals surface area contributed by atoms with Gasteiger partial charge < -0.3 is 11.1 Å². The van der Waals surface area contributed by atoms with Crippen LogP contribution < -0.4 is 11.1 Å². The van der Waals surface area contributed by atoms with Crippen molar-refractivity contribution in [2.75, 3.05) is 11.5 Å². The van der Waals surface area contributed by atoms with Gasteiger partial charge in [-0.25, -0.2) is 8.42 Å². The molecule has 1 atom stereocenters. The van der Waals surface area contributed by atoms with E-state index in [2.05, 4.69) is 5.32 Å². The summed E-state index contributed by atoms with van der Waals surface area (Å²) in [5.74, 6) is -0.562. The zero-order valence-corrected chi connectivity index (χ0v) is 12.5. The Morgan fingerprint density at radius 3 is 2.50 bits per heavy atom. The third-order valence-electron chi connectivity index (χ3n) is 3.31. The predicted octanol–water partition coefficient (Wildman–Crippen LogP) is 0.372. The van der Waals surface area contributed by atoms with Crippen LogP contribution in [0, 0.1) is 5.92 Å². The number of carbonyl (C=O) groups is 1. The lowest BCUT2D eigenvalue weighted by molar-refractivity contribution is -0.124. The Morgan fingerprint density at radius 2 is 2.00 bits per heavy atom. The van der Waals surface area contributed by atoms with Crippen LogP contribution in [0.4, 0.5) is 0 Å². The molecule has 0 saturated carbocycles. The molecule has 1 fully saturated rings. The molecule has 0 aliphatic carbocycles. The van der Waals surface area contributed by atoms with Gasteiger partial charge in [0.05, 0.1) is 17.4 Å². The van der Waals surface area contributed by atoms with Gasteiger partial charge in [-0.05, 0) is 12.0 Å². The van der Waals surface area contributed by atoms with Gasteiger partial charge in [-0.2, -0.15) is 0 Å². The van der Waals surface area contributed by atoms with Gasteiger partial charge in [0.25, 0.3) is 0 Å². The molecule has 1 aliphatic heterocycles. The number of thiocarbonyl (C=S) groups is 1. The number of amides is 1. The first kappa shape index (κ1) is 14.9. The van der Waals surface area contributed by atoms with E-state index in [-0.39, 0.29) is 17.4 Å². The van der Waals surface area contributed by atoms with E-state index in [0.29, 0.717) is 18.0 Å². The van der Waals surface area contributed by atoms with E-state index in [1.807, 2.05) is 12.1 Å². The number of sulfone groups is 1. The van der Waals surface area contributed by atoms with Gasteiger partial charge in [0, 0.05) is 12.1 Å². The quantitative estimate of drug-likeness (QED) is 0.784. The fourth-order valence-corrected chi connectivity index (χ4v) is 4.00. The second-order valence-electron chi connectivity index (χ2n) is 4.88. The van der Waals surface area contributed by atoms with Crippen molar-refractivity contribution in [3.8, 4) is 0 Å². The van der Waals surface area contributed by atoms with Crippen LogP contribution in [-0.4, -0.2) is 30.8 Å². The van der Waals surface area contributed by atoms with Crippen molar-refractivity contribution in [3.05, 3.63) is 35.4 Å². The highest BCUT2D eigenvalue weighted by atomic mass is 32.2. The van der Waals surface area contributed by atoms with Crippen LogP contribution in [0.25, 0.3) is 0 Å². The van der Waals surface area contributed by atoms with Gasteiger partial charge >= 0.3 is 0 Å². The van der Waals surface area contributed by atoms with Crippen molar-refractivity contribution in [1.82, 2.24) is 5.32 Å². The van der Waals surface area contributed by atoms with Gasteiger partial charge in [-0.1, -0.05) is 36.5 Å². The molecule has 1 aliphatic rings. The molecule has 1 saturated heterocycles. The Hall–Kier alpha value is -1.47. The number of hydrogen-bond donors (Lipinski definition) is 2. The molecule has 0 spiro atoms. The molecule has 20 heavy (non-hydrogen) atoms. The molecule has 1 aromatic carbocycles. The van der Waals surface area contributed by atoms with Crippen LogP contribution in [-0.2, 0) is 21.2 Å². The van der Waals surface area contributed by atoms with Gasteiger partial charge in [0.15, 0.2) is 9.84 Å². The summed E-state index contributed by atoms with van der Waals surface area (Å²) in [5, 5.41) is 2.76. The average molecular weight is 312 g/mol. The fraction of sp³-hybridized carbons (Fsp3) is 0.385. The molecule has 0 aromatic heterocycles. The first-order chi connectivity index (χ1) is 9.37. The minimum Gasteiger partial charge on any atom is -0.389 e. The van der Waals surface area contributed by atoms with E-state index in [1.165, 1.54) is 0 Å². The van der Waals surface area contributed by atoms with Crippen molar-refractivity contribution < 1.29 is 13.2 Å². The molecular weight excluding hydrogens is 296 g/mol. The topological polar surface area (TPSA) is 89.3 Å². The third-order valence-corrected chi connectivity index (χ3v) is 5.31. The monoisotopic (exact) mass is 312 g/mol. The summed E-state index contributed by atoms with van der Waals surface area (Å²) < 4.78 is 22.6. The van der Waals surface area contributed by atoms with Gasteiger partial charge in [0.1, 0.15) is 4.99 Å². The molecule has 1 amide bonds. The molecular formula is C13H16N2O3S2. The van der Waals surface area contributed by atoms with Crippen LogP contribution in [0.2, 0.25) is 0 Å². The molecule has 1 unspecified atom stereocenters. The highest BCUT2D eigenvalue weighted by Crippen LogP contribution is 2.18. The van der Waals surface area contributed by atoms with Crippen molar-refractivity contribution in [1.29, 1.82) is 0 Å². The van der Waals surface area contributed by atoms with Crippen molar-refractivity contribution in [2.24, 2.45) is 11.7 Å². The SMILES string of the molecule is NC(=S)c1ccc(CNC(=O)C2CCS(=O)(=O)C2)cc1. The minimum absolute atomic E-state index is 0.0424. The maximum atomic E-state index is 11.9. The zero-order valence-electron chi connectivity index (χ0n) is 10.8. The first-order valence-corrected chi connectivity index (χ1v) is 8.47. The summed E-state index contributed by atoms with van der Waals surface area (Å²) in [5.41, 5.74) is 7.19. The number of carbonyl (C=O) groups excluding carboxylic acids is 1. The summed E-state index contributed by atoms with van der Waals surface area (Å²) >= 11 is 4.86. The third kappa shape index (κ3) is 3.77. The minimum atomic E-state index is -3.03. The maximum absolute atomic E-state index is 11.9. The fourth-order valence-electron chi connectivity index (χ4n) is 2.12. The molecule has 3 N–H and O–H groups in total. The standard InChI is InChI=1S/C13H16N2O3S2/c14-12(19)10-3-1-9(2-4-10)7-15-13(16)11-5-6-20(17,18)8-11/h1-4,11H,5-8H2,(H2,14,19)(H,15,16). The predicted molar refractivity (Wildman–Crippen MR) is 80.9 cm³/mol. The van der Waals surface area contributed by atoms with E-state index < -0.39 is 15.8 Å². The zero-order chi connectivity index (χ0) is 14.8. The van der Waals surface area contributed by atoms with Crippen LogP contribution in [0.5, 0.6) is 0 Å². The average Bonchev–Trinajstić information content (AvgIpc) is 2.77. The molecule has 7 heteroatoms. The molecule has 0 radical (unpaired) electrons. The summed E-state index contributed by atoms with van der Waals surface area (Å²) in [4.78, 5) is 12.2. The summed E-state index contributed by atoms with van der Waals surface area (Å²) in [7, 11) is -3.03. The molecule has 2 rings (SSSR count). The summed E-state index contributed by atoms with van der Waals surface area (Å²) in [6.45, 7) is 0.368. The van der Waals surface area contributed by atoms with E-state index in [1.54, 1.807) is 12.1 Å². The Bertz CT molecular complexity index is 624. The number of benzene rings is 1. The van der Waals surface area contributed by atoms with Crippen molar-refractivity contribution in [3.63, 3.8) is 0 Å². The Kier molecular flexibility index (Phi) is 4.39. The summed E-state index contributed by atoms with van der Waals surface area (Å²) in [6, 6.07) is 7.26. The Balaban J connectivity index is 1.89. The lowest BCUT2D eigenvalue weighted by atomic mass is 10.1. The molecule has 1 heterocycles. The van der Waals surface area contributed by atoms with Crippen LogP contribution in [0.3, 0.4) is 0 Å². The van der Waals surface area contributed by atoms with Gasteiger partial charge in [-0.15, -0.1) is 0 Å². The van der Waals surface area contributed by atoms with Crippen LogP contribution in [0.15, 0.2) is 24.3 Å². The number of rotatable bonds is 4. The lowest BCUT2D eigenvalue weighted by Crippen LogP contribution is -2.30. The second kappa shape index (κ2) is 5.88. The van der Waals surface area contributed by atoms with Crippen molar-refractivity contribution in [2.45, 2.75) is 13.0 Å². The summed E-state index contributed by atoms with van der Waals surface area (Å²) in [6.07, 6.45) is 0.411. The smallest absolute Gasteiger partial charge is 0.224 e. The largest absolute Gasteiger partial charge is 0.389 e. The first-order valence-electron chi connectivity index (χ1n) is 6.24. The van der Waals surface area contributed by atoms with E-state index in [4.69, 9.17) is 18.0 Å². The highest BCUT2D eigenvalue weighted by Gasteiger charge is 2.32. The van der Waals surface area contributed by atoms with E-state index in [0.717, 1.165) is 11.1 Å². The molecule has 1 aromatic rings. The highest BCUT2D eigenvalue weighted by molar-refractivity contribution is 7.91. The lowest BCUT2D eigenvalue weighted by Gasteiger charge is -2.09. The molecule has 5 nitrogen and oxygen atoms in total. The number of nitrogens with two attached hydrogens (primary N) is 1. The Morgan fingerprint density at radius 1 is 1.35 bits per heavy atom. The number of nitrogens with one attached hydrogen (secondary N) is 1. The normalized spacial score (nSPS) is 20.5. The van der Waals surface area contributed by atoms with Gasteiger partial charge in [0.2, 0.25) is 5.91 Å². The maximum Gasteiger partial charge on any atom is 0.224 e. The van der Waals surface area contributed by atoms with Crippen LogP contribution >= 0.6 is 12.2 Å². The van der Waals surface area contributed by atoms with E-state index in [9.17, 15) is 13.2 Å². The molecule has 0 bridgehead atoms. The number of hydrogen-bond acceptors (Lipinski definition) is 4. The Labute approximate surface area is 123 Å². The van der Waals surface area contributed by atoms with Crippen LogP contribution in [0.1, 0.15) is 17.5 Å². The second-order valence-corrected chi connectivity index (χ2v) is 7.55. The van der Waals surface area contributed by atoms with Gasteiger partial charge in [-0.3, -0.25) is 4.79 Å². The molecule has 108 valence electrons. The van der Waals surface area contributed by atoms with Crippen molar-refractivity contribution >= 4 is 33.0 Å². The van der Waals surface area contributed by atoms with E-state index >= 15 is 0 Å².